The predicted molar refractivity (Wildman–Crippen MR) is 67.8 cm³/mol. The Morgan fingerprint density at radius 3 is 1.06 bits per heavy atom. The Bertz CT molecular complexity index is 142. The van der Waals surface area contributed by atoms with Crippen molar-refractivity contribution in [1.29, 1.82) is 0 Å². The second kappa shape index (κ2) is 29.6. The Morgan fingerprint density at radius 2 is 1.06 bits per heavy atom. The first-order valence-corrected chi connectivity index (χ1v) is 6.55. The van der Waals surface area contributed by atoms with E-state index in [0.29, 0.717) is 6.26 Å². The average Bonchev–Trinajstić information content (AvgIpc) is 2.18. The molecule has 4 nitrogen and oxygen atoms in total. The van der Waals surface area contributed by atoms with Gasteiger partial charge < -0.3 is 9.66 Å². The first kappa shape index (κ1) is 30.1. The van der Waals surface area contributed by atoms with E-state index in [0.717, 1.165) is 20.0 Å². The van der Waals surface area contributed by atoms with Gasteiger partial charge in [0.1, 0.15) is 0 Å². The van der Waals surface area contributed by atoms with Gasteiger partial charge in [-0.2, -0.15) is 7.11 Å². The molecule has 6 heteroatoms. The van der Waals surface area contributed by atoms with Crippen LogP contribution in [0.2, 0.25) is 0 Å². The van der Waals surface area contributed by atoms with E-state index in [1.807, 2.05) is 0 Å². The van der Waals surface area contributed by atoms with E-state index in [2.05, 4.69) is 27.7 Å². The molecule has 0 aromatic carbocycles. The summed E-state index contributed by atoms with van der Waals surface area (Å²) < 4.78 is 27.2. The van der Waals surface area contributed by atoms with Crippen LogP contribution in [0, 0.1) is 13.8 Å². The van der Waals surface area contributed by atoms with Gasteiger partial charge in [0.05, 0.1) is 10.1 Å². The van der Waals surface area contributed by atoms with Gasteiger partial charge in [-0.05, 0) is 0 Å². The molecule has 0 N–H and O–H groups in total. The predicted octanol–water partition coefficient (Wildman–Crippen LogP) is 0.998. The molecule has 0 rings (SSSR count). The van der Waals surface area contributed by atoms with Crippen LogP contribution in [0.15, 0.2) is 0 Å². The standard InChI is InChI=1S/2C4H9.CH4O3S.CH3O.Sn/c2*1-3-4-2;1-5(2,3)4;1-2;/h2*1,3-4H2,2H3;1H3,(H,2,3,4);1H3;/q;;;-1;+2/p-1. The van der Waals surface area contributed by atoms with Gasteiger partial charge in [-0.25, -0.2) is 8.42 Å². The van der Waals surface area contributed by atoms with Crippen LogP contribution in [0.4, 0.5) is 0 Å². The molecule has 0 unspecified atom stereocenters. The Hall–Kier alpha value is 0.669. The van der Waals surface area contributed by atoms with Crippen LogP contribution in [0.1, 0.15) is 39.5 Å². The number of hydrogen-bond donors (Lipinski definition) is 0. The number of rotatable bonds is 2. The Labute approximate surface area is 119 Å². The zero-order valence-electron chi connectivity index (χ0n) is 10.8. The van der Waals surface area contributed by atoms with Gasteiger partial charge in [-0.1, -0.05) is 53.4 Å². The SMILES string of the molecule is CS(=O)(=O)[O-].C[O-].[CH2]CCC.[CH2]CCC.[Sn+2]. The van der Waals surface area contributed by atoms with Crippen LogP contribution in [-0.4, -0.2) is 50.2 Å². The summed E-state index contributed by atoms with van der Waals surface area (Å²) in [5.41, 5.74) is 0. The van der Waals surface area contributed by atoms with Gasteiger partial charge >= 0.3 is 23.9 Å². The van der Waals surface area contributed by atoms with Gasteiger partial charge in [0.2, 0.25) is 0 Å². The van der Waals surface area contributed by atoms with Crippen molar-refractivity contribution in [3.63, 3.8) is 0 Å². The average molecular weight is 359 g/mol. The summed E-state index contributed by atoms with van der Waals surface area (Å²) in [5, 5.41) is 8.25. The third kappa shape index (κ3) is 385. The Balaban J connectivity index is -0.0000000343. The molecule has 98 valence electrons. The second-order valence-electron chi connectivity index (χ2n) is 2.41. The first-order valence-electron chi connectivity index (χ1n) is 4.73. The minimum absolute atomic E-state index is 0. The van der Waals surface area contributed by atoms with Gasteiger partial charge in [-0.3, -0.25) is 0 Å². The molecule has 0 amide bonds. The van der Waals surface area contributed by atoms with Crippen molar-refractivity contribution in [2.24, 2.45) is 0 Å². The summed E-state index contributed by atoms with van der Waals surface area (Å²) >= 11 is 0. The molecule has 0 saturated carbocycles. The molecule has 16 heavy (non-hydrogen) atoms. The fraction of sp³-hybridized carbons (Fsp3) is 0.800. The molecule has 0 aliphatic carbocycles. The zero-order chi connectivity index (χ0) is 13.3. The molecule has 0 atom stereocenters. The Morgan fingerprint density at radius 1 is 1.00 bits per heavy atom. The monoisotopic (exact) mass is 360 g/mol. The van der Waals surface area contributed by atoms with Crippen molar-refractivity contribution in [3.05, 3.63) is 13.8 Å². The van der Waals surface area contributed by atoms with Crippen molar-refractivity contribution in [2.45, 2.75) is 39.5 Å². The third-order valence-corrected chi connectivity index (χ3v) is 0.707. The Kier molecular flexibility index (Phi) is 55.6. The van der Waals surface area contributed by atoms with Crippen molar-refractivity contribution < 1.29 is 18.1 Å². The maximum absolute atomic E-state index is 9.08. The van der Waals surface area contributed by atoms with E-state index in [4.69, 9.17) is 18.1 Å². The molecular formula is C10H24O4SSn. The molecule has 0 aliphatic rings. The summed E-state index contributed by atoms with van der Waals surface area (Å²) in [7, 11) is -3.17. The topological polar surface area (TPSA) is 80.3 Å². The molecule has 0 aromatic rings. The molecular weight excluding hydrogens is 335 g/mol. The smallest absolute Gasteiger partial charge is 0.857 e. The van der Waals surface area contributed by atoms with Crippen molar-refractivity contribution in [2.75, 3.05) is 13.4 Å². The number of unbranched alkanes of at least 4 members (excludes halogenated alkanes) is 2. The van der Waals surface area contributed by atoms with Gasteiger partial charge in [0, 0.05) is 6.26 Å². The normalized spacial score (nSPS) is 7.75. The molecule has 0 aromatic heterocycles. The maximum atomic E-state index is 9.08. The molecule has 0 heterocycles. The molecule has 0 aliphatic heterocycles. The van der Waals surface area contributed by atoms with Gasteiger partial charge in [0.25, 0.3) is 0 Å². The van der Waals surface area contributed by atoms with Crippen molar-refractivity contribution >= 4 is 34.0 Å². The van der Waals surface area contributed by atoms with Crippen molar-refractivity contribution in [1.82, 2.24) is 0 Å². The molecule has 0 saturated heterocycles. The van der Waals surface area contributed by atoms with E-state index < -0.39 is 10.1 Å². The van der Waals surface area contributed by atoms with E-state index >= 15 is 0 Å². The molecule has 0 bridgehead atoms. The van der Waals surface area contributed by atoms with Gasteiger partial charge in [0.15, 0.2) is 0 Å². The molecule has 0 spiro atoms. The van der Waals surface area contributed by atoms with Crippen LogP contribution < -0.4 is 5.11 Å². The van der Waals surface area contributed by atoms with Crippen molar-refractivity contribution in [3.8, 4) is 0 Å². The van der Waals surface area contributed by atoms with Gasteiger partial charge in [-0.15, -0.1) is 0 Å². The second-order valence-corrected chi connectivity index (χ2v) is 3.82. The summed E-state index contributed by atoms with van der Waals surface area (Å²) in [5.74, 6) is 0. The minimum atomic E-state index is -3.92. The molecule has 4 radical (unpaired) electrons. The zero-order valence-corrected chi connectivity index (χ0v) is 14.5. The van der Waals surface area contributed by atoms with E-state index in [9.17, 15) is 0 Å². The fourth-order valence-corrected chi connectivity index (χ4v) is 0. The summed E-state index contributed by atoms with van der Waals surface area (Å²) in [6, 6.07) is 0. The summed E-state index contributed by atoms with van der Waals surface area (Å²) in [6.45, 7) is 11.4. The van der Waals surface area contributed by atoms with E-state index in [1.54, 1.807) is 0 Å². The maximum Gasteiger partial charge on any atom is 2.00 e. The van der Waals surface area contributed by atoms with Crippen LogP contribution in [0.3, 0.4) is 0 Å². The van der Waals surface area contributed by atoms with E-state index in [1.165, 1.54) is 12.8 Å². The third-order valence-electron chi connectivity index (χ3n) is 0.707. The summed E-state index contributed by atoms with van der Waals surface area (Å²) in [4.78, 5) is 0. The first-order chi connectivity index (χ1) is 6.83. The largest absolute Gasteiger partial charge is 2.00 e. The minimum Gasteiger partial charge on any atom is -0.857 e. The summed E-state index contributed by atoms with van der Waals surface area (Å²) in [6.07, 6.45) is 5.16. The van der Waals surface area contributed by atoms with Crippen LogP contribution >= 0.6 is 0 Å². The van der Waals surface area contributed by atoms with Crippen LogP contribution in [-0.2, 0) is 10.1 Å². The fourth-order valence-electron chi connectivity index (χ4n) is 0. The van der Waals surface area contributed by atoms with Crippen LogP contribution in [0.5, 0.6) is 0 Å². The number of hydrogen-bond acceptors (Lipinski definition) is 4. The van der Waals surface area contributed by atoms with E-state index in [-0.39, 0.29) is 23.9 Å². The molecule has 0 fully saturated rings. The van der Waals surface area contributed by atoms with Crippen LogP contribution in [0.25, 0.3) is 0 Å². The quantitative estimate of drug-likeness (QED) is 0.544.